The molecule has 6 heteroatoms. The summed E-state index contributed by atoms with van der Waals surface area (Å²) in [6.07, 6.45) is 3.67. The van der Waals surface area contributed by atoms with E-state index in [-0.39, 0.29) is 5.75 Å². The van der Waals surface area contributed by atoms with Gasteiger partial charge in [-0.3, -0.25) is 0 Å². The van der Waals surface area contributed by atoms with Gasteiger partial charge in [-0.25, -0.2) is 12.7 Å². The number of rotatable bonds is 13. The molecule has 122 valence electrons. The third-order valence-electron chi connectivity index (χ3n) is 3.19. The molecule has 0 aromatic heterocycles. The highest BCUT2D eigenvalue weighted by atomic mass is 32.2. The molecule has 0 spiro atoms. The summed E-state index contributed by atoms with van der Waals surface area (Å²) >= 11 is 0. The van der Waals surface area contributed by atoms with E-state index >= 15 is 0 Å². The first-order chi connectivity index (χ1) is 9.44. The maximum Gasteiger partial charge on any atom is 0.214 e. The van der Waals surface area contributed by atoms with Gasteiger partial charge in [0.05, 0.1) is 5.75 Å². The standard InChI is InChI=1S/C14H33N3O2S/c1-5-10-15-11-7-8-14-20(18,19)17(6-2)13-9-12-16(3)4/h15H,5-14H2,1-4H3. The molecule has 1 N–H and O–H groups in total. The molecule has 0 saturated heterocycles. The van der Waals surface area contributed by atoms with Crippen molar-refractivity contribution in [2.45, 2.75) is 39.5 Å². The maximum absolute atomic E-state index is 12.2. The van der Waals surface area contributed by atoms with Gasteiger partial charge in [0.25, 0.3) is 0 Å². The lowest BCUT2D eigenvalue weighted by molar-refractivity contribution is 0.355. The van der Waals surface area contributed by atoms with Gasteiger partial charge in [0.2, 0.25) is 10.0 Å². The Morgan fingerprint density at radius 1 is 0.950 bits per heavy atom. The second kappa shape index (κ2) is 11.5. The Hall–Kier alpha value is -0.170. The van der Waals surface area contributed by atoms with Crippen LogP contribution in [0.25, 0.3) is 0 Å². The van der Waals surface area contributed by atoms with Crippen LogP contribution < -0.4 is 5.32 Å². The Bertz CT molecular complexity index is 318. The van der Waals surface area contributed by atoms with Crippen molar-refractivity contribution in [3.8, 4) is 0 Å². The minimum Gasteiger partial charge on any atom is -0.317 e. The Labute approximate surface area is 125 Å². The topological polar surface area (TPSA) is 52.7 Å². The molecule has 0 saturated carbocycles. The van der Waals surface area contributed by atoms with E-state index in [1.54, 1.807) is 4.31 Å². The normalized spacial score (nSPS) is 12.5. The first-order valence-corrected chi connectivity index (χ1v) is 9.38. The van der Waals surface area contributed by atoms with Crippen LogP contribution in [0.2, 0.25) is 0 Å². The molecule has 20 heavy (non-hydrogen) atoms. The van der Waals surface area contributed by atoms with Crippen LogP contribution >= 0.6 is 0 Å². The molecule has 0 amide bonds. The molecule has 0 aromatic rings. The van der Waals surface area contributed by atoms with Crippen LogP contribution in [-0.2, 0) is 10.0 Å². The summed E-state index contributed by atoms with van der Waals surface area (Å²) in [5, 5.41) is 3.30. The van der Waals surface area contributed by atoms with Crippen molar-refractivity contribution in [1.29, 1.82) is 0 Å². The van der Waals surface area contributed by atoms with Crippen LogP contribution in [-0.4, -0.2) is 70.2 Å². The predicted molar refractivity (Wildman–Crippen MR) is 86.6 cm³/mol. The molecule has 0 radical (unpaired) electrons. The van der Waals surface area contributed by atoms with E-state index in [4.69, 9.17) is 0 Å². The summed E-state index contributed by atoms with van der Waals surface area (Å²) in [5.41, 5.74) is 0. The Morgan fingerprint density at radius 2 is 1.65 bits per heavy atom. The van der Waals surface area contributed by atoms with Gasteiger partial charge in [-0.1, -0.05) is 13.8 Å². The monoisotopic (exact) mass is 307 g/mol. The summed E-state index contributed by atoms with van der Waals surface area (Å²) in [6.45, 7) is 8.09. The molecule has 0 bridgehead atoms. The highest BCUT2D eigenvalue weighted by Crippen LogP contribution is 2.06. The number of nitrogens with zero attached hydrogens (tertiary/aromatic N) is 2. The number of sulfonamides is 1. The van der Waals surface area contributed by atoms with E-state index in [0.717, 1.165) is 45.3 Å². The maximum atomic E-state index is 12.2. The second-order valence-corrected chi connectivity index (χ2v) is 7.51. The Kier molecular flexibility index (Phi) is 11.4. The minimum atomic E-state index is -3.08. The summed E-state index contributed by atoms with van der Waals surface area (Å²) in [5.74, 6) is 0.274. The lowest BCUT2D eigenvalue weighted by Crippen LogP contribution is -2.35. The van der Waals surface area contributed by atoms with E-state index in [0.29, 0.717) is 13.1 Å². The molecular weight excluding hydrogens is 274 g/mol. The molecule has 0 heterocycles. The van der Waals surface area contributed by atoms with Gasteiger partial charge in [0.1, 0.15) is 0 Å². The summed E-state index contributed by atoms with van der Waals surface area (Å²) in [7, 11) is 0.940. The quantitative estimate of drug-likeness (QED) is 0.522. The van der Waals surface area contributed by atoms with Gasteiger partial charge >= 0.3 is 0 Å². The van der Waals surface area contributed by atoms with E-state index in [1.807, 2.05) is 21.0 Å². The average molecular weight is 308 g/mol. The molecule has 0 atom stereocenters. The van der Waals surface area contributed by atoms with Crippen molar-refractivity contribution in [1.82, 2.24) is 14.5 Å². The molecule has 0 aromatic carbocycles. The number of nitrogens with one attached hydrogen (secondary N) is 1. The van der Waals surface area contributed by atoms with Crippen LogP contribution in [0.5, 0.6) is 0 Å². The van der Waals surface area contributed by atoms with Gasteiger partial charge in [-0.05, 0) is 59.4 Å². The smallest absolute Gasteiger partial charge is 0.214 e. The lowest BCUT2D eigenvalue weighted by Gasteiger charge is -2.21. The molecule has 0 fully saturated rings. The van der Waals surface area contributed by atoms with E-state index in [1.165, 1.54) is 0 Å². The fourth-order valence-electron chi connectivity index (χ4n) is 2.02. The molecule has 0 aliphatic carbocycles. The van der Waals surface area contributed by atoms with Gasteiger partial charge < -0.3 is 10.2 Å². The fourth-order valence-corrected chi connectivity index (χ4v) is 3.65. The van der Waals surface area contributed by atoms with Crippen LogP contribution in [0.1, 0.15) is 39.5 Å². The van der Waals surface area contributed by atoms with Crippen LogP contribution in [0.15, 0.2) is 0 Å². The number of unbranched alkanes of at least 4 members (excludes halogenated alkanes) is 1. The molecule has 0 rings (SSSR count). The highest BCUT2D eigenvalue weighted by molar-refractivity contribution is 7.89. The molecule has 0 unspecified atom stereocenters. The minimum absolute atomic E-state index is 0.274. The zero-order valence-electron chi connectivity index (χ0n) is 13.7. The Morgan fingerprint density at radius 3 is 2.20 bits per heavy atom. The summed E-state index contributed by atoms with van der Waals surface area (Å²) in [4.78, 5) is 2.08. The zero-order chi connectivity index (χ0) is 15.4. The summed E-state index contributed by atoms with van der Waals surface area (Å²) in [6, 6.07) is 0. The SMILES string of the molecule is CCCNCCCCS(=O)(=O)N(CC)CCCN(C)C. The average Bonchev–Trinajstić information content (AvgIpc) is 2.38. The molecule has 0 aliphatic heterocycles. The van der Waals surface area contributed by atoms with Crippen LogP contribution in [0.4, 0.5) is 0 Å². The van der Waals surface area contributed by atoms with Crippen LogP contribution in [0.3, 0.4) is 0 Å². The van der Waals surface area contributed by atoms with E-state index in [2.05, 4.69) is 17.1 Å². The largest absolute Gasteiger partial charge is 0.317 e. The van der Waals surface area contributed by atoms with Gasteiger partial charge in [0, 0.05) is 13.1 Å². The van der Waals surface area contributed by atoms with Gasteiger partial charge in [-0.15, -0.1) is 0 Å². The number of hydrogen-bond donors (Lipinski definition) is 1. The predicted octanol–water partition coefficient (Wildman–Crippen LogP) is 1.37. The number of hydrogen-bond acceptors (Lipinski definition) is 4. The van der Waals surface area contributed by atoms with E-state index in [9.17, 15) is 8.42 Å². The fraction of sp³-hybridized carbons (Fsp3) is 1.00. The van der Waals surface area contributed by atoms with Crippen molar-refractivity contribution in [2.75, 3.05) is 52.6 Å². The summed E-state index contributed by atoms with van der Waals surface area (Å²) < 4.78 is 26.1. The Balaban J connectivity index is 3.97. The van der Waals surface area contributed by atoms with Crippen molar-refractivity contribution in [2.24, 2.45) is 0 Å². The van der Waals surface area contributed by atoms with Gasteiger partial charge in [-0.2, -0.15) is 0 Å². The molecular formula is C14H33N3O2S. The lowest BCUT2D eigenvalue weighted by atomic mass is 10.3. The third kappa shape index (κ3) is 9.69. The van der Waals surface area contributed by atoms with Crippen molar-refractivity contribution in [3.05, 3.63) is 0 Å². The van der Waals surface area contributed by atoms with Crippen LogP contribution in [0, 0.1) is 0 Å². The second-order valence-electron chi connectivity index (χ2n) is 5.42. The third-order valence-corrected chi connectivity index (χ3v) is 5.22. The first kappa shape index (κ1) is 19.8. The molecule has 5 nitrogen and oxygen atoms in total. The first-order valence-electron chi connectivity index (χ1n) is 7.77. The molecule has 0 aliphatic rings. The van der Waals surface area contributed by atoms with Crippen molar-refractivity contribution in [3.63, 3.8) is 0 Å². The zero-order valence-corrected chi connectivity index (χ0v) is 14.5. The van der Waals surface area contributed by atoms with Crippen molar-refractivity contribution >= 4 is 10.0 Å². The van der Waals surface area contributed by atoms with Gasteiger partial charge in [0.15, 0.2) is 0 Å². The van der Waals surface area contributed by atoms with Crippen molar-refractivity contribution < 1.29 is 8.42 Å². The highest BCUT2D eigenvalue weighted by Gasteiger charge is 2.19. The van der Waals surface area contributed by atoms with E-state index < -0.39 is 10.0 Å².